The molecule has 0 aliphatic carbocycles. The molecule has 2 aromatic heterocycles. The fourth-order valence-electron chi connectivity index (χ4n) is 2.64. The first kappa shape index (κ1) is 17.0. The highest BCUT2D eigenvalue weighted by Crippen LogP contribution is 2.15. The topological polar surface area (TPSA) is 105 Å². The molecule has 1 saturated heterocycles. The van der Waals surface area contributed by atoms with E-state index >= 15 is 0 Å². The van der Waals surface area contributed by atoms with Crippen LogP contribution in [0.5, 0.6) is 0 Å². The summed E-state index contributed by atoms with van der Waals surface area (Å²) in [7, 11) is 0. The molecule has 3 heterocycles. The van der Waals surface area contributed by atoms with Crippen molar-refractivity contribution < 1.29 is 13.9 Å². The molecule has 1 fully saturated rings. The van der Waals surface area contributed by atoms with Gasteiger partial charge < -0.3 is 24.7 Å². The van der Waals surface area contributed by atoms with Crippen LogP contribution in [-0.2, 0) is 11.3 Å². The Hall–Kier alpha value is -2.84. The van der Waals surface area contributed by atoms with E-state index in [1.54, 1.807) is 17.4 Å². The van der Waals surface area contributed by atoms with Gasteiger partial charge in [0.2, 0.25) is 5.95 Å². The van der Waals surface area contributed by atoms with Gasteiger partial charge in [0.1, 0.15) is 5.76 Å². The standard InChI is InChI=1S/C16H22N6O3/c1-2-24-16(23)22-7-5-12(6-8-22)19-15-20-14(11-18-21-15)17-10-13-4-3-9-25-13/h3-4,9,11-12H,2,5-8,10H2,1H3,(H2,17,19,20,21). The number of anilines is 2. The highest BCUT2D eigenvalue weighted by Gasteiger charge is 2.24. The predicted molar refractivity (Wildman–Crippen MR) is 91.1 cm³/mol. The first-order valence-electron chi connectivity index (χ1n) is 8.39. The third kappa shape index (κ3) is 4.82. The smallest absolute Gasteiger partial charge is 0.409 e. The summed E-state index contributed by atoms with van der Waals surface area (Å²) >= 11 is 0. The molecular weight excluding hydrogens is 324 g/mol. The van der Waals surface area contributed by atoms with Crippen LogP contribution < -0.4 is 10.6 Å². The van der Waals surface area contributed by atoms with Gasteiger partial charge >= 0.3 is 6.09 Å². The fraction of sp³-hybridized carbons (Fsp3) is 0.500. The van der Waals surface area contributed by atoms with Crippen molar-refractivity contribution in [3.05, 3.63) is 30.4 Å². The molecule has 0 aromatic carbocycles. The monoisotopic (exact) mass is 346 g/mol. The quantitative estimate of drug-likeness (QED) is 0.819. The molecule has 25 heavy (non-hydrogen) atoms. The van der Waals surface area contributed by atoms with Gasteiger partial charge in [0.25, 0.3) is 0 Å². The second kappa shape index (κ2) is 8.32. The summed E-state index contributed by atoms with van der Waals surface area (Å²) in [6, 6.07) is 3.93. The van der Waals surface area contributed by atoms with Crippen LogP contribution in [0.25, 0.3) is 0 Å². The molecule has 0 saturated carbocycles. The summed E-state index contributed by atoms with van der Waals surface area (Å²) in [5.41, 5.74) is 0. The third-order valence-corrected chi connectivity index (χ3v) is 3.94. The maximum absolute atomic E-state index is 11.7. The summed E-state index contributed by atoms with van der Waals surface area (Å²) in [5, 5.41) is 14.4. The van der Waals surface area contributed by atoms with E-state index in [-0.39, 0.29) is 12.1 Å². The van der Waals surface area contributed by atoms with Crippen molar-refractivity contribution in [1.82, 2.24) is 20.1 Å². The number of amides is 1. The Bertz CT molecular complexity index is 670. The van der Waals surface area contributed by atoms with Gasteiger partial charge in [-0.3, -0.25) is 0 Å². The van der Waals surface area contributed by atoms with E-state index in [1.807, 2.05) is 19.1 Å². The molecule has 0 unspecified atom stereocenters. The average Bonchev–Trinajstić information content (AvgIpc) is 3.15. The van der Waals surface area contributed by atoms with Crippen LogP contribution in [0.3, 0.4) is 0 Å². The summed E-state index contributed by atoms with van der Waals surface area (Å²) in [6.45, 7) is 4.04. The summed E-state index contributed by atoms with van der Waals surface area (Å²) < 4.78 is 10.3. The Morgan fingerprint density at radius 2 is 2.28 bits per heavy atom. The van der Waals surface area contributed by atoms with E-state index in [1.165, 1.54) is 0 Å². The van der Waals surface area contributed by atoms with Crippen LogP contribution in [0.4, 0.5) is 16.6 Å². The van der Waals surface area contributed by atoms with Crippen LogP contribution in [-0.4, -0.2) is 51.9 Å². The fourth-order valence-corrected chi connectivity index (χ4v) is 2.64. The van der Waals surface area contributed by atoms with E-state index in [4.69, 9.17) is 9.15 Å². The number of nitrogens with one attached hydrogen (secondary N) is 2. The second-order valence-corrected chi connectivity index (χ2v) is 5.70. The SMILES string of the molecule is CCOC(=O)N1CCC(Nc2nncc(NCc3ccco3)n2)CC1. The Morgan fingerprint density at radius 1 is 1.44 bits per heavy atom. The van der Waals surface area contributed by atoms with Gasteiger partial charge in [-0.15, -0.1) is 5.10 Å². The Labute approximate surface area is 145 Å². The number of hydrogen-bond acceptors (Lipinski definition) is 8. The molecule has 2 N–H and O–H groups in total. The van der Waals surface area contributed by atoms with Crippen molar-refractivity contribution in [1.29, 1.82) is 0 Å². The molecule has 134 valence electrons. The summed E-state index contributed by atoms with van der Waals surface area (Å²) in [4.78, 5) is 17.8. The number of rotatable bonds is 6. The molecule has 3 rings (SSSR count). The number of ether oxygens (including phenoxy) is 1. The van der Waals surface area contributed by atoms with Gasteiger partial charge in [0.05, 0.1) is 25.6 Å². The van der Waals surface area contributed by atoms with Gasteiger partial charge in [-0.2, -0.15) is 10.1 Å². The molecule has 9 nitrogen and oxygen atoms in total. The number of piperidine rings is 1. The molecule has 1 amide bonds. The number of nitrogens with zero attached hydrogens (tertiary/aromatic N) is 4. The molecule has 1 aliphatic heterocycles. The van der Waals surface area contributed by atoms with Crippen molar-refractivity contribution in [2.45, 2.75) is 32.4 Å². The van der Waals surface area contributed by atoms with E-state index in [9.17, 15) is 4.79 Å². The van der Waals surface area contributed by atoms with Crippen LogP contribution >= 0.6 is 0 Å². The minimum absolute atomic E-state index is 0.202. The van der Waals surface area contributed by atoms with Crippen LogP contribution in [0.15, 0.2) is 29.0 Å². The van der Waals surface area contributed by atoms with Gasteiger partial charge in [-0.1, -0.05) is 0 Å². The number of hydrogen-bond donors (Lipinski definition) is 2. The maximum atomic E-state index is 11.7. The number of carbonyl (C=O) groups excluding carboxylic acids is 1. The zero-order valence-corrected chi connectivity index (χ0v) is 14.1. The normalized spacial score (nSPS) is 15.0. The van der Waals surface area contributed by atoms with Gasteiger partial charge in [-0.05, 0) is 31.9 Å². The molecule has 0 spiro atoms. The molecule has 2 aromatic rings. The van der Waals surface area contributed by atoms with E-state index in [2.05, 4.69) is 25.8 Å². The highest BCUT2D eigenvalue weighted by atomic mass is 16.6. The first-order valence-corrected chi connectivity index (χ1v) is 8.39. The number of aromatic nitrogens is 3. The van der Waals surface area contributed by atoms with Crippen molar-refractivity contribution in [3.8, 4) is 0 Å². The number of likely N-dealkylation sites (tertiary alicyclic amines) is 1. The zero-order valence-electron chi connectivity index (χ0n) is 14.1. The average molecular weight is 346 g/mol. The molecule has 0 atom stereocenters. The van der Waals surface area contributed by atoms with Crippen molar-refractivity contribution >= 4 is 17.9 Å². The lowest BCUT2D eigenvalue weighted by molar-refractivity contribution is 0.0983. The molecular formula is C16H22N6O3. The van der Waals surface area contributed by atoms with Crippen molar-refractivity contribution in [2.75, 3.05) is 30.3 Å². The lowest BCUT2D eigenvalue weighted by atomic mass is 10.1. The van der Waals surface area contributed by atoms with Crippen LogP contribution in [0, 0.1) is 0 Å². The molecule has 0 bridgehead atoms. The summed E-state index contributed by atoms with van der Waals surface area (Å²) in [5.74, 6) is 1.91. The number of carbonyl (C=O) groups is 1. The third-order valence-electron chi connectivity index (χ3n) is 3.94. The minimum Gasteiger partial charge on any atom is -0.467 e. The van der Waals surface area contributed by atoms with Gasteiger partial charge in [0, 0.05) is 19.1 Å². The lowest BCUT2D eigenvalue weighted by Crippen LogP contribution is -2.42. The molecule has 0 radical (unpaired) electrons. The first-order chi connectivity index (χ1) is 12.2. The van der Waals surface area contributed by atoms with Crippen molar-refractivity contribution in [3.63, 3.8) is 0 Å². The second-order valence-electron chi connectivity index (χ2n) is 5.70. The van der Waals surface area contributed by atoms with Crippen LogP contribution in [0.2, 0.25) is 0 Å². The largest absolute Gasteiger partial charge is 0.467 e. The number of furan rings is 1. The molecule has 9 heteroatoms. The zero-order chi connectivity index (χ0) is 17.5. The van der Waals surface area contributed by atoms with E-state index < -0.39 is 0 Å². The Balaban J connectivity index is 1.48. The van der Waals surface area contributed by atoms with Gasteiger partial charge in [-0.25, -0.2) is 4.79 Å². The predicted octanol–water partition coefficient (Wildman–Crippen LogP) is 2.11. The highest BCUT2D eigenvalue weighted by molar-refractivity contribution is 5.67. The van der Waals surface area contributed by atoms with E-state index in [0.29, 0.717) is 38.0 Å². The Morgan fingerprint density at radius 3 is 3.00 bits per heavy atom. The van der Waals surface area contributed by atoms with E-state index in [0.717, 1.165) is 18.6 Å². The van der Waals surface area contributed by atoms with Crippen LogP contribution in [0.1, 0.15) is 25.5 Å². The van der Waals surface area contributed by atoms with Gasteiger partial charge in [0.15, 0.2) is 5.82 Å². The molecule has 1 aliphatic rings. The lowest BCUT2D eigenvalue weighted by Gasteiger charge is -2.31. The Kier molecular flexibility index (Phi) is 5.65. The van der Waals surface area contributed by atoms with Crippen molar-refractivity contribution in [2.24, 2.45) is 0 Å². The maximum Gasteiger partial charge on any atom is 0.409 e. The summed E-state index contributed by atoms with van der Waals surface area (Å²) in [6.07, 6.45) is 4.57. The minimum atomic E-state index is -0.247.